The van der Waals surface area contributed by atoms with Gasteiger partial charge in [0, 0.05) is 6.04 Å². The topological polar surface area (TPSA) is 12.0 Å². The van der Waals surface area contributed by atoms with Gasteiger partial charge in [0.15, 0.2) is 0 Å². The van der Waals surface area contributed by atoms with E-state index in [1.807, 2.05) is 12.1 Å². The molecule has 0 saturated heterocycles. The highest BCUT2D eigenvalue weighted by atomic mass is 19.1. The van der Waals surface area contributed by atoms with E-state index in [2.05, 4.69) is 19.2 Å². The van der Waals surface area contributed by atoms with Crippen molar-refractivity contribution in [2.75, 3.05) is 5.32 Å². The number of para-hydroxylation sites is 1. The fraction of sp³-hybridized carbons (Fsp3) is 0.571. The van der Waals surface area contributed by atoms with E-state index in [1.54, 1.807) is 6.07 Å². The van der Waals surface area contributed by atoms with Crippen LogP contribution in [0.3, 0.4) is 0 Å². The van der Waals surface area contributed by atoms with Crippen molar-refractivity contribution in [2.24, 2.45) is 11.8 Å². The maximum absolute atomic E-state index is 13.5. The van der Waals surface area contributed by atoms with E-state index in [9.17, 15) is 4.39 Å². The van der Waals surface area contributed by atoms with E-state index in [4.69, 9.17) is 0 Å². The van der Waals surface area contributed by atoms with Crippen LogP contribution >= 0.6 is 0 Å². The van der Waals surface area contributed by atoms with Crippen LogP contribution in [0.4, 0.5) is 10.1 Å². The highest BCUT2D eigenvalue weighted by Gasteiger charge is 2.25. The summed E-state index contributed by atoms with van der Waals surface area (Å²) in [7, 11) is 0. The highest BCUT2D eigenvalue weighted by molar-refractivity contribution is 5.45. The van der Waals surface area contributed by atoms with E-state index in [0.29, 0.717) is 17.6 Å². The first kappa shape index (κ1) is 11.4. The Hall–Kier alpha value is -1.05. The average molecular weight is 221 g/mol. The molecule has 0 heterocycles. The molecule has 0 amide bonds. The Bertz CT molecular complexity index is 350. The van der Waals surface area contributed by atoms with Gasteiger partial charge in [0.2, 0.25) is 0 Å². The molecule has 2 rings (SSSR count). The third-order valence-corrected chi connectivity index (χ3v) is 3.67. The van der Waals surface area contributed by atoms with Gasteiger partial charge in [-0.05, 0) is 36.8 Å². The van der Waals surface area contributed by atoms with Crippen molar-refractivity contribution >= 4 is 5.69 Å². The fourth-order valence-corrected chi connectivity index (χ4v) is 2.51. The van der Waals surface area contributed by atoms with Gasteiger partial charge in [-0.1, -0.05) is 32.4 Å². The third kappa shape index (κ3) is 2.55. The Balaban J connectivity index is 2.06. The molecule has 2 heteroatoms. The number of hydrogen-bond donors (Lipinski definition) is 1. The summed E-state index contributed by atoms with van der Waals surface area (Å²) >= 11 is 0. The molecule has 0 aromatic heterocycles. The van der Waals surface area contributed by atoms with Gasteiger partial charge < -0.3 is 5.32 Å². The lowest BCUT2D eigenvalue weighted by atomic mass is 9.80. The van der Waals surface area contributed by atoms with Crippen LogP contribution in [0.15, 0.2) is 24.3 Å². The molecule has 1 aliphatic carbocycles. The van der Waals surface area contributed by atoms with E-state index in [0.717, 1.165) is 12.3 Å². The molecule has 3 unspecified atom stereocenters. The summed E-state index contributed by atoms with van der Waals surface area (Å²) in [5.74, 6) is 1.24. The van der Waals surface area contributed by atoms with Crippen LogP contribution in [-0.4, -0.2) is 6.04 Å². The molecule has 1 fully saturated rings. The number of nitrogens with one attached hydrogen (secondary N) is 1. The minimum atomic E-state index is -0.145. The summed E-state index contributed by atoms with van der Waals surface area (Å²) < 4.78 is 13.5. The van der Waals surface area contributed by atoms with Crippen LogP contribution in [0.1, 0.15) is 33.1 Å². The lowest BCUT2D eigenvalue weighted by Crippen LogP contribution is -2.33. The first-order valence-corrected chi connectivity index (χ1v) is 6.18. The molecule has 0 aliphatic heterocycles. The van der Waals surface area contributed by atoms with Gasteiger partial charge >= 0.3 is 0 Å². The first-order chi connectivity index (χ1) is 7.66. The van der Waals surface area contributed by atoms with E-state index in [1.165, 1.54) is 18.9 Å². The Morgan fingerprint density at radius 3 is 2.69 bits per heavy atom. The number of hydrogen-bond acceptors (Lipinski definition) is 1. The smallest absolute Gasteiger partial charge is 0.146 e. The van der Waals surface area contributed by atoms with E-state index in [-0.39, 0.29) is 5.82 Å². The second-order valence-corrected chi connectivity index (χ2v) is 5.13. The molecule has 1 aliphatic rings. The Morgan fingerprint density at radius 2 is 1.94 bits per heavy atom. The van der Waals surface area contributed by atoms with Crippen LogP contribution in [0.5, 0.6) is 0 Å². The van der Waals surface area contributed by atoms with Gasteiger partial charge in [-0.15, -0.1) is 0 Å². The summed E-state index contributed by atoms with van der Waals surface area (Å²) in [6.07, 6.45) is 3.69. The predicted molar refractivity (Wildman–Crippen MR) is 66.0 cm³/mol. The number of anilines is 1. The fourth-order valence-electron chi connectivity index (χ4n) is 2.51. The maximum atomic E-state index is 13.5. The van der Waals surface area contributed by atoms with Crippen molar-refractivity contribution in [3.05, 3.63) is 30.1 Å². The molecular weight excluding hydrogens is 201 g/mol. The number of benzene rings is 1. The van der Waals surface area contributed by atoms with Gasteiger partial charge in [-0.3, -0.25) is 0 Å². The van der Waals surface area contributed by atoms with Gasteiger partial charge in [-0.2, -0.15) is 0 Å². The van der Waals surface area contributed by atoms with Gasteiger partial charge in [0.1, 0.15) is 5.82 Å². The molecule has 0 spiro atoms. The second-order valence-electron chi connectivity index (χ2n) is 5.13. The zero-order chi connectivity index (χ0) is 11.5. The van der Waals surface area contributed by atoms with Crippen LogP contribution < -0.4 is 5.32 Å². The monoisotopic (exact) mass is 221 g/mol. The SMILES string of the molecule is CC1CCC(C)C(Nc2ccccc2F)C1. The van der Waals surface area contributed by atoms with Crippen molar-refractivity contribution in [1.82, 2.24) is 0 Å². The van der Waals surface area contributed by atoms with E-state index >= 15 is 0 Å². The summed E-state index contributed by atoms with van der Waals surface area (Å²) in [5.41, 5.74) is 0.647. The van der Waals surface area contributed by atoms with Crippen molar-refractivity contribution in [3.63, 3.8) is 0 Å². The molecule has 1 aromatic rings. The quantitative estimate of drug-likeness (QED) is 0.794. The first-order valence-electron chi connectivity index (χ1n) is 6.18. The summed E-state index contributed by atoms with van der Waals surface area (Å²) in [4.78, 5) is 0. The third-order valence-electron chi connectivity index (χ3n) is 3.67. The molecule has 0 radical (unpaired) electrons. The van der Waals surface area contributed by atoms with Crippen molar-refractivity contribution in [1.29, 1.82) is 0 Å². The van der Waals surface area contributed by atoms with Crippen LogP contribution in [0.2, 0.25) is 0 Å². The highest BCUT2D eigenvalue weighted by Crippen LogP contribution is 2.31. The molecular formula is C14H20FN. The molecule has 1 N–H and O–H groups in total. The molecule has 1 nitrogen and oxygen atoms in total. The van der Waals surface area contributed by atoms with Crippen LogP contribution in [-0.2, 0) is 0 Å². The van der Waals surface area contributed by atoms with Crippen molar-refractivity contribution in [3.8, 4) is 0 Å². The van der Waals surface area contributed by atoms with Crippen molar-refractivity contribution < 1.29 is 4.39 Å². The minimum Gasteiger partial charge on any atom is -0.380 e. The lowest BCUT2D eigenvalue weighted by Gasteiger charge is -2.34. The predicted octanol–water partition coefficient (Wildman–Crippen LogP) is 4.06. The molecule has 1 aromatic carbocycles. The van der Waals surface area contributed by atoms with Crippen LogP contribution in [0, 0.1) is 17.7 Å². The zero-order valence-electron chi connectivity index (χ0n) is 10.0. The number of halogens is 1. The number of rotatable bonds is 2. The van der Waals surface area contributed by atoms with Crippen molar-refractivity contribution in [2.45, 2.75) is 39.2 Å². The Kier molecular flexibility index (Phi) is 3.47. The summed E-state index contributed by atoms with van der Waals surface area (Å²) in [6.45, 7) is 4.53. The Morgan fingerprint density at radius 1 is 1.19 bits per heavy atom. The summed E-state index contributed by atoms with van der Waals surface area (Å²) in [5, 5.41) is 3.35. The van der Waals surface area contributed by atoms with Gasteiger partial charge in [0.05, 0.1) is 5.69 Å². The van der Waals surface area contributed by atoms with Gasteiger partial charge in [-0.25, -0.2) is 4.39 Å². The maximum Gasteiger partial charge on any atom is 0.146 e. The van der Waals surface area contributed by atoms with E-state index < -0.39 is 0 Å². The normalized spacial score (nSPS) is 30.1. The molecule has 88 valence electrons. The molecule has 1 saturated carbocycles. The molecule has 3 atom stereocenters. The second kappa shape index (κ2) is 4.86. The zero-order valence-corrected chi connectivity index (χ0v) is 10.0. The van der Waals surface area contributed by atoms with Crippen LogP contribution in [0.25, 0.3) is 0 Å². The lowest BCUT2D eigenvalue weighted by molar-refractivity contribution is 0.280. The summed E-state index contributed by atoms with van der Waals surface area (Å²) in [6, 6.07) is 7.36. The standard InChI is InChI=1S/C14H20FN/c1-10-7-8-11(2)14(9-10)16-13-6-4-3-5-12(13)15/h3-6,10-11,14,16H,7-9H2,1-2H3. The Labute approximate surface area is 97.1 Å². The molecule has 16 heavy (non-hydrogen) atoms. The van der Waals surface area contributed by atoms with Gasteiger partial charge in [0.25, 0.3) is 0 Å². The minimum absolute atomic E-state index is 0.145. The average Bonchev–Trinajstić information content (AvgIpc) is 2.27. The molecule has 0 bridgehead atoms. The largest absolute Gasteiger partial charge is 0.380 e.